The zero-order chi connectivity index (χ0) is 15.6. The molecule has 0 bridgehead atoms. The fraction of sp³-hybridized carbons (Fsp3) is 0.500. The molecule has 2 aliphatic heterocycles. The van der Waals surface area contributed by atoms with Crippen molar-refractivity contribution in [2.45, 2.75) is 19.1 Å². The van der Waals surface area contributed by atoms with Crippen LogP contribution in [0, 0.1) is 5.92 Å². The highest BCUT2D eigenvalue weighted by molar-refractivity contribution is 7.09. The van der Waals surface area contributed by atoms with Gasteiger partial charge >= 0.3 is 0 Å². The molecule has 23 heavy (non-hydrogen) atoms. The second-order valence-electron chi connectivity index (χ2n) is 5.94. The van der Waals surface area contributed by atoms with Gasteiger partial charge in [-0.25, -0.2) is 4.98 Å². The molecule has 2 aromatic heterocycles. The van der Waals surface area contributed by atoms with Crippen LogP contribution in [-0.2, 0) is 16.1 Å². The third-order valence-electron chi connectivity index (χ3n) is 4.53. The number of ether oxygens (including phenoxy) is 1. The van der Waals surface area contributed by atoms with Crippen LogP contribution in [0.5, 0.6) is 0 Å². The highest BCUT2D eigenvalue weighted by atomic mass is 32.1. The summed E-state index contributed by atoms with van der Waals surface area (Å²) in [5.41, 5.74) is 1.01. The molecule has 2 saturated heterocycles. The van der Waals surface area contributed by atoms with Crippen LogP contribution in [0.3, 0.4) is 0 Å². The van der Waals surface area contributed by atoms with E-state index in [1.54, 1.807) is 22.7 Å². The van der Waals surface area contributed by atoms with Crippen molar-refractivity contribution in [1.82, 2.24) is 9.88 Å². The van der Waals surface area contributed by atoms with Crippen molar-refractivity contribution >= 4 is 34.3 Å². The first-order chi connectivity index (χ1) is 11.3. The predicted molar refractivity (Wildman–Crippen MR) is 91.9 cm³/mol. The first kappa shape index (κ1) is 15.3. The van der Waals surface area contributed by atoms with Crippen molar-refractivity contribution in [3.05, 3.63) is 33.4 Å². The molecule has 2 aromatic rings. The van der Waals surface area contributed by atoms with Crippen molar-refractivity contribution in [3.63, 3.8) is 0 Å². The van der Waals surface area contributed by atoms with Crippen LogP contribution in [0.25, 0.3) is 0 Å². The lowest BCUT2D eigenvalue weighted by atomic mass is 9.92. The predicted octanol–water partition coefficient (Wildman–Crippen LogP) is 2.46. The minimum Gasteiger partial charge on any atom is -0.374 e. The lowest BCUT2D eigenvalue weighted by molar-refractivity contribution is -0.128. The van der Waals surface area contributed by atoms with E-state index in [4.69, 9.17) is 4.74 Å². The maximum atomic E-state index is 12.9. The van der Waals surface area contributed by atoms with Gasteiger partial charge in [-0.1, -0.05) is 0 Å². The molecule has 4 heterocycles. The molecule has 7 heteroatoms. The normalized spacial score (nSPS) is 26.1. The van der Waals surface area contributed by atoms with Crippen molar-refractivity contribution in [2.75, 3.05) is 31.1 Å². The monoisotopic (exact) mass is 349 g/mol. The molecular formula is C16H19N3O2S2. The number of thiazole rings is 1. The van der Waals surface area contributed by atoms with E-state index < -0.39 is 0 Å². The van der Waals surface area contributed by atoms with E-state index in [1.807, 2.05) is 33.3 Å². The smallest absolute Gasteiger partial charge is 0.232 e. The number of piperidine rings is 1. The summed E-state index contributed by atoms with van der Waals surface area (Å²) in [4.78, 5) is 21.5. The topological polar surface area (TPSA) is 45.7 Å². The van der Waals surface area contributed by atoms with E-state index in [9.17, 15) is 4.79 Å². The van der Waals surface area contributed by atoms with Gasteiger partial charge in [0, 0.05) is 30.0 Å². The first-order valence-electron chi connectivity index (χ1n) is 7.87. The van der Waals surface area contributed by atoms with Crippen molar-refractivity contribution in [1.29, 1.82) is 0 Å². The van der Waals surface area contributed by atoms with Crippen molar-refractivity contribution < 1.29 is 9.53 Å². The fourth-order valence-electron chi connectivity index (χ4n) is 3.37. The number of thiophene rings is 1. The standard InChI is InChI=1S/C16H19N3O2S2/c20-16-13-1-4-18(10-15-17-3-8-23-15)9-14(13)21-6-5-19(16)12-2-7-22-11-12/h2-3,7-8,11,13-14H,1,4-6,9-10H2/t13-,14+/m1/s1. The third-order valence-corrected chi connectivity index (χ3v) is 5.97. The zero-order valence-electron chi connectivity index (χ0n) is 12.8. The van der Waals surface area contributed by atoms with Gasteiger partial charge in [-0.2, -0.15) is 11.3 Å². The number of rotatable bonds is 3. The molecule has 1 amide bonds. The van der Waals surface area contributed by atoms with Crippen LogP contribution in [0.4, 0.5) is 5.69 Å². The number of hydrogen-bond acceptors (Lipinski definition) is 6. The average molecular weight is 349 g/mol. The Morgan fingerprint density at radius 3 is 3.09 bits per heavy atom. The Morgan fingerprint density at radius 1 is 1.35 bits per heavy atom. The van der Waals surface area contributed by atoms with Gasteiger partial charge in [0.2, 0.25) is 5.91 Å². The van der Waals surface area contributed by atoms with Gasteiger partial charge in [0.15, 0.2) is 0 Å². The molecule has 0 aromatic carbocycles. The van der Waals surface area contributed by atoms with Gasteiger partial charge in [0.05, 0.1) is 30.9 Å². The average Bonchev–Trinajstić information content (AvgIpc) is 3.22. The summed E-state index contributed by atoms with van der Waals surface area (Å²) in [6, 6.07) is 2.01. The Labute approximate surface area is 143 Å². The molecular weight excluding hydrogens is 330 g/mol. The molecule has 0 N–H and O–H groups in total. The van der Waals surface area contributed by atoms with E-state index in [-0.39, 0.29) is 17.9 Å². The van der Waals surface area contributed by atoms with Crippen LogP contribution in [0.2, 0.25) is 0 Å². The summed E-state index contributed by atoms with van der Waals surface area (Å²) in [7, 11) is 0. The molecule has 2 fully saturated rings. The van der Waals surface area contributed by atoms with Gasteiger partial charge < -0.3 is 9.64 Å². The number of fused-ring (bicyclic) bond motifs is 1. The molecule has 0 aliphatic carbocycles. The first-order valence-corrected chi connectivity index (χ1v) is 9.69. The summed E-state index contributed by atoms with van der Waals surface area (Å²) in [5.74, 6) is 0.199. The minimum atomic E-state index is -0.0232. The fourth-order valence-corrected chi connectivity index (χ4v) is 4.67. The van der Waals surface area contributed by atoms with Crippen LogP contribution in [0.1, 0.15) is 11.4 Å². The number of amides is 1. The summed E-state index contributed by atoms with van der Waals surface area (Å²) >= 11 is 3.31. The molecule has 0 spiro atoms. The quantitative estimate of drug-likeness (QED) is 0.854. The lowest BCUT2D eigenvalue weighted by Crippen LogP contribution is -2.49. The van der Waals surface area contributed by atoms with E-state index in [0.29, 0.717) is 13.2 Å². The number of nitrogens with zero attached hydrogens (tertiary/aromatic N) is 3. The Hall–Kier alpha value is -1.28. The van der Waals surface area contributed by atoms with Gasteiger partial charge in [0.1, 0.15) is 5.01 Å². The molecule has 0 unspecified atom stereocenters. The largest absolute Gasteiger partial charge is 0.374 e. The van der Waals surface area contributed by atoms with Crippen molar-refractivity contribution in [2.24, 2.45) is 5.92 Å². The number of aromatic nitrogens is 1. The molecule has 2 atom stereocenters. The Morgan fingerprint density at radius 2 is 2.30 bits per heavy atom. The van der Waals surface area contributed by atoms with Gasteiger partial charge in [-0.15, -0.1) is 11.3 Å². The highest BCUT2D eigenvalue weighted by Gasteiger charge is 2.39. The highest BCUT2D eigenvalue weighted by Crippen LogP contribution is 2.29. The summed E-state index contributed by atoms with van der Waals surface area (Å²) in [6.07, 6.45) is 2.70. The zero-order valence-corrected chi connectivity index (χ0v) is 14.4. The Bertz CT molecular complexity index is 644. The number of hydrogen-bond donors (Lipinski definition) is 0. The second-order valence-corrected chi connectivity index (χ2v) is 7.70. The van der Waals surface area contributed by atoms with E-state index in [2.05, 4.69) is 9.88 Å². The third kappa shape index (κ3) is 3.19. The minimum absolute atomic E-state index is 0.000141. The molecule has 0 saturated carbocycles. The maximum absolute atomic E-state index is 12.9. The van der Waals surface area contributed by atoms with Crippen molar-refractivity contribution in [3.8, 4) is 0 Å². The number of carbonyl (C=O) groups is 1. The summed E-state index contributed by atoms with van der Waals surface area (Å²) in [5, 5.41) is 7.19. The van der Waals surface area contributed by atoms with Gasteiger partial charge in [0.25, 0.3) is 0 Å². The van der Waals surface area contributed by atoms with Gasteiger partial charge in [-0.3, -0.25) is 9.69 Å². The molecule has 2 aliphatic rings. The molecule has 4 rings (SSSR count). The lowest BCUT2D eigenvalue weighted by Gasteiger charge is -2.36. The number of likely N-dealkylation sites (tertiary alicyclic amines) is 1. The molecule has 0 radical (unpaired) electrons. The van der Waals surface area contributed by atoms with Crippen LogP contribution in [0.15, 0.2) is 28.4 Å². The summed E-state index contributed by atoms with van der Waals surface area (Å²) < 4.78 is 6.04. The van der Waals surface area contributed by atoms with Crippen LogP contribution >= 0.6 is 22.7 Å². The Balaban J connectivity index is 1.46. The SMILES string of the molecule is O=C1[C@@H]2CCN(Cc3nccs3)C[C@@H]2OCCN1c1ccsc1. The van der Waals surface area contributed by atoms with Crippen LogP contribution < -0.4 is 4.90 Å². The van der Waals surface area contributed by atoms with Crippen LogP contribution in [-0.4, -0.2) is 48.1 Å². The second kappa shape index (κ2) is 6.68. The summed E-state index contributed by atoms with van der Waals surface area (Å²) in [6.45, 7) is 3.84. The van der Waals surface area contributed by atoms with E-state index in [1.165, 1.54) is 0 Å². The molecule has 5 nitrogen and oxygen atoms in total. The number of anilines is 1. The van der Waals surface area contributed by atoms with Gasteiger partial charge in [-0.05, 0) is 24.4 Å². The number of carbonyl (C=O) groups excluding carboxylic acids is 1. The molecule has 122 valence electrons. The Kier molecular flexibility index (Phi) is 4.43. The maximum Gasteiger partial charge on any atom is 0.232 e. The van der Waals surface area contributed by atoms with E-state index >= 15 is 0 Å². The van der Waals surface area contributed by atoms with E-state index in [0.717, 1.165) is 36.8 Å².